The molecule has 18 heavy (non-hydrogen) atoms. The number of likely N-dealkylation sites (tertiary alicyclic amines) is 1. The zero-order chi connectivity index (χ0) is 13.3. The first-order valence-electron chi connectivity index (χ1n) is 5.85. The summed E-state index contributed by atoms with van der Waals surface area (Å²) in [4.78, 5) is 24.1. The Hall–Kier alpha value is -1.89. The number of hydrogen-bond acceptors (Lipinski definition) is 4. The highest BCUT2D eigenvalue weighted by molar-refractivity contribution is 5.93. The van der Waals surface area contributed by atoms with Crippen LogP contribution in [0.2, 0.25) is 0 Å². The zero-order valence-corrected chi connectivity index (χ0v) is 10.2. The van der Waals surface area contributed by atoms with Gasteiger partial charge in [-0.1, -0.05) is 0 Å². The van der Waals surface area contributed by atoms with Crippen LogP contribution >= 0.6 is 0 Å². The number of nitrogens with two attached hydrogens (primary N) is 1. The summed E-state index contributed by atoms with van der Waals surface area (Å²) in [6.07, 6.45) is 1.79. The highest BCUT2D eigenvalue weighted by Gasteiger charge is 2.27. The minimum Gasteiger partial charge on any atom is -0.358 e. The van der Waals surface area contributed by atoms with E-state index < -0.39 is 4.92 Å². The first kappa shape index (κ1) is 12.6. The second-order valence-electron chi connectivity index (χ2n) is 4.55. The van der Waals surface area contributed by atoms with E-state index in [9.17, 15) is 14.9 Å². The predicted octanol–water partition coefficient (Wildman–Crippen LogP) is 0.497. The Morgan fingerprint density at radius 1 is 1.56 bits per heavy atom. The fraction of sp³-hybridized carbons (Fsp3) is 0.545. The van der Waals surface area contributed by atoms with Crippen LogP contribution in [0.1, 0.15) is 23.3 Å². The van der Waals surface area contributed by atoms with Gasteiger partial charge in [0, 0.05) is 25.2 Å². The monoisotopic (exact) mass is 252 g/mol. The van der Waals surface area contributed by atoms with E-state index in [1.54, 1.807) is 4.90 Å². The molecular weight excluding hydrogens is 236 g/mol. The van der Waals surface area contributed by atoms with E-state index in [0.29, 0.717) is 18.8 Å². The van der Waals surface area contributed by atoms with E-state index in [1.165, 1.54) is 23.7 Å². The van der Waals surface area contributed by atoms with E-state index in [1.807, 2.05) is 0 Å². The van der Waals surface area contributed by atoms with Crippen LogP contribution in [0.15, 0.2) is 12.1 Å². The lowest BCUT2D eigenvalue weighted by Crippen LogP contribution is -2.46. The summed E-state index contributed by atoms with van der Waals surface area (Å²) in [7, 11) is 1.52. The highest BCUT2D eigenvalue weighted by atomic mass is 16.6. The van der Waals surface area contributed by atoms with E-state index in [2.05, 4.69) is 0 Å². The molecule has 7 heteroatoms. The van der Waals surface area contributed by atoms with Crippen molar-refractivity contribution in [3.8, 4) is 0 Å². The fourth-order valence-corrected chi connectivity index (χ4v) is 2.26. The second kappa shape index (κ2) is 4.77. The lowest BCUT2D eigenvalue weighted by atomic mass is 10.1. The molecule has 0 bridgehead atoms. The van der Waals surface area contributed by atoms with Crippen LogP contribution in [0.25, 0.3) is 0 Å². The van der Waals surface area contributed by atoms with Crippen molar-refractivity contribution in [3.63, 3.8) is 0 Å². The van der Waals surface area contributed by atoms with Gasteiger partial charge in [-0.3, -0.25) is 4.79 Å². The van der Waals surface area contributed by atoms with Crippen LogP contribution in [0, 0.1) is 10.1 Å². The van der Waals surface area contributed by atoms with Crippen molar-refractivity contribution in [2.45, 2.75) is 18.9 Å². The molecule has 2 N–H and O–H groups in total. The van der Waals surface area contributed by atoms with Crippen molar-refractivity contribution in [3.05, 3.63) is 27.9 Å². The van der Waals surface area contributed by atoms with Crippen molar-refractivity contribution in [1.29, 1.82) is 0 Å². The SMILES string of the molecule is Cn1c(C(=O)N2CCC[C@@H](N)C2)ccc1[N+](=O)[O-]. The summed E-state index contributed by atoms with van der Waals surface area (Å²) in [5.74, 6) is -0.277. The normalized spacial score (nSPS) is 19.9. The number of rotatable bonds is 2. The van der Waals surface area contributed by atoms with Gasteiger partial charge in [-0.2, -0.15) is 0 Å². The third-order valence-electron chi connectivity index (χ3n) is 3.25. The van der Waals surface area contributed by atoms with Crippen molar-refractivity contribution in [2.24, 2.45) is 12.8 Å². The van der Waals surface area contributed by atoms with Crippen molar-refractivity contribution in [2.75, 3.05) is 13.1 Å². The number of carbonyl (C=O) groups is 1. The molecule has 2 heterocycles. The summed E-state index contributed by atoms with van der Waals surface area (Å²) in [6, 6.07) is 2.83. The largest absolute Gasteiger partial charge is 0.358 e. The van der Waals surface area contributed by atoms with Gasteiger partial charge < -0.3 is 20.7 Å². The van der Waals surface area contributed by atoms with E-state index in [4.69, 9.17) is 5.73 Å². The standard InChI is InChI=1S/C11H16N4O3/c1-13-9(4-5-10(13)15(17)18)11(16)14-6-2-3-8(12)7-14/h4-5,8H,2-3,6-7,12H2,1H3/t8-/m1/s1. The van der Waals surface area contributed by atoms with Gasteiger partial charge in [-0.25, -0.2) is 4.57 Å². The van der Waals surface area contributed by atoms with E-state index in [0.717, 1.165) is 12.8 Å². The molecule has 1 aromatic rings. The van der Waals surface area contributed by atoms with Crippen LogP contribution < -0.4 is 5.73 Å². The number of amides is 1. The van der Waals surface area contributed by atoms with Gasteiger partial charge in [0.05, 0.1) is 7.05 Å². The predicted molar refractivity (Wildman–Crippen MR) is 65.2 cm³/mol. The Morgan fingerprint density at radius 3 is 2.83 bits per heavy atom. The molecule has 1 aliphatic rings. The molecule has 1 atom stereocenters. The second-order valence-corrected chi connectivity index (χ2v) is 4.55. The third-order valence-corrected chi connectivity index (χ3v) is 3.25. The number of nitro groups is 1. The molecule has 1 aromatic heterocycles. The maximum Gasteiger partial charge on any atom is 0.323 e. The van der Waals surface area contributed by atoms with Crippen molar-refractivity contribution in [1.82, 2.24) is 9.47 Å². The topological polar surface area (TPSA) is 94.4 Å². The number of piperidine rings is 1. The minimum atomic E-state index is -0.501. The molecule has 0 aromatic carbocycles. The molecule has 1 saturated heterocycles. The van der Waals surface area contributed by atoms with Gasteiger partial charge in [0.15, 0.2) is 5.69 Å². The van der Waals surface area contributed by atoms with Gasteiger partial charge in [-0.05, 0) is 23.8 Å². The average Bonchev–Trinajstić information content (AvgIpc) is 2.70. The van der Waals surface area contributed by atoms with Gasteiger partial charge in [-0.15, -0.1) is 0 Å². The zero-order valence-electron chi connectivity index (χ0n) is 10.2. The summed E-state index contributed by atoms with van der Waals surface area (Å²) >= 11 is 0. The Kier molecular flexibility index (Phi) is 3.33. The molecule has 0 saturated carbocycles. The van der Waals surface area contributed by atoms with Gasteiger partial charge in [0.2, 0.25) is 0 Å². The third kappa shape index (κ3) is 2.21. The maximum atomic E-state index is 12.2. The van der Waals surface area contributed by atoms with E-state index >= 15 is 0 Å². The Labute approximate surface area is 104 Å². The molecule has 2 rings (SSSR count). The quantitative estimate of drug-likeness (QED) is 0.612. The maximum absolute atomic E-state index is 12.2. The number of aromatic nitrogens is 1. The Morgan fingerprint density at radius 2 is 2.28 bits per heavy atom. The lowest BCUT2D eigenvalue weighted by molar-refractivity contribution is -0.391. The van der Waals surface area contributed by atoms with Crippen molar-refractivity contribution >= 4 is 11.7 Å². The van der Waals surface area contributed by atoms with Gasteiger partial charge in [0.1, 0.15) is 0 Å². The van der Waals surface area contributed by atoms with Crippen LogP contribution in [-0.2, 0) is 7.05 Å². The first-order chi connectivity index (χ1) is 8.50. The summed E-state index contributed by atoms with van der Waals surface area (Å²) < 4.78 is 1.31. The summed E-state index contributed by atoms with van der Waals surface area (Å²) in [5.41, 5.74) is 6.15. The molecule has 1 fully saturated rings. The molecule has 0 aliphatic carbocycles. The van der Waals surface area contributed by atoms with Crippen LogP contribution in [0.3, 0.4) is 0 Å². The molecular formula is C11H16N4O3. The molecule has 1 aliphatic heterocycles. The minimum absolute atomic E-state index is 0.00189. The number of carbonyl (C=O) groups excluding carboxylic acids is 1. The van der Waals surface area contributed by atoms with Gasteiger partial charge >= 0.3 is 5.82 Å². The summed E-state index contributed by atoms with van der Waals surface area (Å²) in [6.45, 7) is 1.17. The molecule has 98 valence electrons. The van der Waals surface area contributed by atoms with Crippen LogP contribution in [0.4, 0.5) is 5.82 Å². The fourth-order valence-electron chi connectivity index (χ4n) is 2.26. The van der Waals surface area contributed by atoms with Gasteiger partial charge in [0.25, 0.3) is 5.91 Å². The lowest BCUT2D eigenvalue weighted by Gasteiger charge is -2.30. The van der Waals surface area contributed by atoms with Crippen LogP contribution in [0.5, 0.6) is 0 Å². The van der Waals surface area contributed by atoms with Crippen molar-refractivity contribution < 1.29 is 9.72 Å². The number of nitrogens with zero attached hydrogens (tertiary/aromatic N) is 3. The smallest absolute Gasteiger partial charge is 0.323 e. The highest BCUT2D eigenvalue weighted by Crippen LogP contribution is 2.18. The molecule has 0 unspecified atom stereocenters. The van der Waals surface area contributed by atoms with Crippen LogP contribution in [-0.4, -0.2) is 39.4 Å². The van der Waals surface area contributed by atoms with E-state index in [-0.39, 0.29) is 17.8 Å². The first-order valence-corrected chi connectivity index (χ1v) is 5.85. The Balaban J connectivity index is 2.21. The molecule has 1 amide bonds. The molecule has 7 nitrogen and oxygen atoms in total. The molecule has 0 radical (unpaired) electrons. The number of hydrogen-bond donors (Lipinski definition) is 1. The average molecular weight is 252 g/mol. The Bertz CT molecular complexity index is 483. The molecule has 0 spiro atoms. The summed E-state index contributed by atoms with van der Waals surface area (Å²) in [5, 5.41) is 10.7.